The van der Waals surface area contributed by atoms with Crippen molar-refractivity contribution in [3.8, 4) is 0 Å². The highest BCUT2D eigenvalue weighted by atomic mass is 14.9. The van der Waals surface area contributed by atoms with Gasteiger partial charge in [0.15, 0.2) is 0 Å². The molecule has 0 fully saturated rings. The molecule has 2 nitrogen and oxygen atoms in total. The van der Waals surface area contributed by atoms with Crippen LogP contribution < -0.4 is 0 Å². The van der Waals surface area contributed by atoms with E-state index in [1.807, 2.05) is 0 Å². The fraction of sp³-hybridized carbons (Fsp3) is 0.500. The van der Waals surface area contributed by atoms with Gasteiger partial charge in [-0.15, -0.1) is 0 Å². The van der Waals surface area contributed by atoms with Crippen LogP contribution in [0.4, 0.5) is 0 Å². The summed E-state index contributed by atoms with van der Waals surface area (Å²) in [6, 6.07) is 6.52. The Morgan fingerprint density at radius 3 is 2.62 bits per heavy atom. The van der Waals surface area contributed by atoms with E-state index in [-0.39, 0.29) is 5.41 Å². The van der Waals surface area contributed by atoms with Gasteiger partial charge in [0, 0.05) is 6.42 Å². The van der Waals surface area contributed by atoms with Crippen LogP contribution in [-0.2, 0) is 11.8 Å². The summed E-state index contributed by atoms with van der Waals surface area (Å²) in [4.78, 5) is 7.97. The number of H-pyrrole nitrogens is 1. The number of fused-ring (bicyclic) bond motifs is 1. The molecule has 0 aliphatic carbocycles. The van der Waals surface area contributed by atoms with Crippen LogP contribution in [0.25, 0.3) is 11.0 Å². The molecule has 2 rings (SSSR count). The molecular weight excluding hydrogens is 196 g/mol. The van der Waals surface area contributed by atoms with Gasteiger partial charge in [-0.05, 0) is 29.5 Å². The highest BCUT2D eigenvalue weighted by Gasteiger charge is 2.14. The molecule has 1 aromatic carbocycles. The molecule has 0 bridgehead atoms. The third kappa shape index (κ3) is 2.11. The van der Waals surface area contributed by atoms with E-state index in [0.29, 0.717) is 0 Å². The summed E-state index contributed by atoms with van der Waals surface area (Å²) in [5.74, 6) is 1.10. The predicted molar refractivity (Wildman–Crippen MR) is 68.8 cm³/mol. The Labute approximate surface area is 97.1 Å². The van der Waals surface area contributed by atoms with Crippen molar-refractivity contribution >= 4 is 11.0 Å². The summed E-state index contributed by atoms with van der Waals surface area (Å²) in [7, 11) is 0. The number of hydrogen-bond donors (Lipinski definition) is 1. The van der Waals surface area contributed by atoms with E-state index in [2.05, 4.69) is 55.9 Å². The fourth-order valence-corrected chi connectivity index (χ4v) is 1.88. The first-order valence-corrected chi connectivity index (χ1v) is 6.00. The number of aromatic nitrogens is 2. The summed E-state index contributed by atoms with van der Waals surface area (Å²) in [6.07, 6.45) is 2.16. The maximum Gasteiger partial charge on any atom is 0.107 e. The lowest BCUT2D eigenvalue weighted by molar-refractivity contribution is 0.591. The molecule has 0 radical (unpaired) electrons. The van der Waals surface area contributed by atoms with E-state index < -0.39 is 0 Å². The number of nitrogens with one attached hydrogen (secondary N) is 1. The normalized spacial score (nSPS) is 12.2. The Morgan fingerprint density at radius 2 is 2.00 bits per heavy atom. The Kier molecular flexibility index (Phi) is 2.75. The lowest BCUT2D eigenvalue weighted by Gasteiger charge is -2.18. The zero-order chi connectivity index (χ0) is 11.8. The monoisotopic (exact) mass is 216 g/mol. The largest absolute Gasteiger partial charge is 0.342 e. The number of imidazole rings is 1. The van der Waals surface area contributed by atoms with Gasteiger partial charge in [-0.25, -0.2) is 4.98 Å². The second kappa shape index (κ2) is 3.93. The first-order chi connectivity index (χ1) is 7.50. The molecule has 16 heavy (non-hydrogen) atoms. The Balaban J connectivity index is 2.46. The number of nitrogens with zero attached hydrogens (tertiary/aromatic N) is 1. The van der Waals surface area contributed by atoms with Gasteiger partial charge in [0.2, 0.25) is 0 Å². The minimum Gasteiger partial charge on any atom is -0.342 e. The lowest BCUT2D eigenvalue weighted by atomic mass is 9.87. The number of hydrogen-bond acceptors (Lipinski definition) is 1. The van der Waals surface area contributed by atoms with Crippen LogP contribution >= 0.6 is 0 Å². The van der Waals surface area contributed by atoms with Crippen LogP contribution in [0, 0.1) is 0 Å². The van der Waals surface area contributed by atoms with E-state index >= 15 is 0 Å². The van der Waals surface area contributed by atoms with Crippen LogP contribution in [0.1, 0.15) is 45.5 Å². The predicted octanol–water partition coefficient (Wildman–Crippen LogP) is 3.81. The third-order valence-corrected chi connectivity index (χ3v) is 2.88. The number of benzene rings is 1. The van der Waals surface area contributed by atoms with Gasteiger partial charge in [-0.1, -0.05) is 33.8 Å². The summed E-state index contributed by atoms with van der Waals surface area (Å²) < 4.78 is 0. The number of aryl methyl sites for hydroxylation is 1. The third-order valence-electron chi connectivity index (χ3n) is 2.88. The van der Waals surface area contributed by atoms with Crippen molar-refractivity contribution in [2.45, 2.75) is 46.0 Å². The molecule has 0 saturated carbocycles. The molecule has 1 aromatic heterocycles. The number of aromatic amines is 1. The van der Waals surface area contributed by atoms with Crippen molar-refractivity contribution in [3.63, 3.8) is 0 Å². The van der Waals surface area contributed by atoms with Crippen molar-refractivity contribution in [2.75, 3.05) is 0 Å². The van der Waals surface area contributed by atoms with Crippen LogP contribution in [-0.4, -0.2) is 9.97 Å². The van der Waals surface area contributed by atoms with Gasteiger partial charge in [-0.2, -0.15) is 0 Å². The zero-order valence-electron chi connectivity index (χ0n) is 10.6. The van der Waals surface area contributed by atoms with Crippen molar-refractivity contribution in [2.24, 2.45) is 0 Å². The van der Waals surface area contributed by atoms with Crippen LogP contribution in [0.5, 0.6) is 0 Å². The SMILES string of the molecule is CCCc1nc2ccc(C(C)(C)C)cc2[nH]1. The highest BCUT2D eigenvalue weighted by molar-refractivity contribution is 5.76. The van der Waals surface area contributed by atoms with Gasteiger partial charge in [0.1, 0.15) is 5.82 Å². The maximum absolute atomic E-state index is 4.57. The molecule has 2 heteroatoms. The van der Waals surface area contributed by atoms with Crippen molar-refractivity contribution in [1.82, 2.24) is 9.97 Å². The van der Waals surface area contributed by atoms with E-state index in [4.69, 9.17) is 0 Å². The van der Waals surface area contributed by atoms with E-state index in [1.165, 1.54) is 5.56 Å². The Hall–Kier alpha value is -1.31. The van der Waals surface area contributed by atoms with Crippen molar-refractivity contribution < 1.29 is 0 Å². The molecule has 0 aliphatic heterocycles. The number of rotatable bonds is 2. The topological polar surface area (TPSA) is 28.7 Å². The first kappa shape index (κ1) is 11.2. The van der Waals surface area contributed by atoms with Crippen LogP contribution in [0.2, 0.25) is 0 Å². The second-order valence-electron chi connectivity index (χ2n) is 5.42. The van der Waals surface area contributed by atoms with Gasteiger partial charge in [0.25, 0.3) is 0 Å². The zero-order valence-corrected chi connectivity index (χ0v) is 10.6. The van der Waals surface area contributed by atoms with Crippen molar-refractivity contribution in [3.05, 3.63) is 29.6 Å². The second-order valence-corrected chi connectivity index (χ2v) is 5.42. The molecular formula is C14H20N2. The molecule has 0 atom stereocenters. The highest BCUT2D eigenvalue weighted by Crippen LogP contribution is 2.25. The molecule has 0 spiro atoms. The molecule has 2 aromatic rings. The summed E-state index contributed by atoms with van der Waals surface area (Å²) >= 11 is 0. The van der Waals surface area contributed by atoms with Gasteiger partial charge >= 0.3 is 0 Å². The van der Waals surface area contributed by atoms with Gasteiger partial charge < -0.3 is 4.98 Å². The van der Waals surface area contributed by atoms with Crippen molar-refractivity contribution in [1.29, 1.82) is 0 Å². The molecule has 1 N–H and O–H groups in total. The summed E-state index contributed by atoms with van der Waals surface area (Å²) in [6.45, 7) is 8.88. The quantitative estimate of drug-likeness (QED) is 0.812. The van der Waals surface area contributed by atoms with E-state index in [1.54, 1.807) is 0 Å². The van der Waals surface area contributed by atoms with Gasteiger partial charge in [-0.3, -0.25) is 0 Å². The molecule has 0 amide bonds. The van der Waals surface area contributed by atoms with Gasteiger partial charge in [0.05, 0.1) is 11.0 Å². The molecule has 0 unspecified atom stereocenters. The first-order valence-electron chi connectivity index (χ1n) is 6.00. The minimum atomic E-state index is 0.199. The smallest absolute Gasteiger partial charge is 0.107 e. The molecule has 1 heterocycles. The Morgan fingerprint density at radius 1 is 1.25 bits per heavy atom. The Bertz CT molecular complexity index is 489. The molecule has 86 valence electrons. The summed E-state index contributed by atoms with van der Waals surface area (Å²) in [5, 5.41) is 0. The van der Waals surface area contributed by atoms with E-state index in [9.17, 15) is 0 Å². The minimum absolute atomic E-state index is 0.199. The van der Waals surface area contributed by atoms with Crippen LogP contribution in [0.15, 0.2) is 18.2 Å². The average molecular weight is 216 g/mol. The lowest BCUT2D eigenvalue weighted by Crippen LogP contribution is -2.10. The standard InChI is InChI=1S/C14H20N2/c1-5-6-13-15-11-8-7-10(14(2,3)4)9-12(11)16-13/h7-9H,5-6H2,1-4H3,(H,15,16). The van der Waals surface area contributed by atoms with Crippen LogP contribution in [0.3, 0.4) is 0 Å². The van der Waals surface area contributed by atoms with E-state index in [0.717, 1.165) is 29.7 Å². The maximum atomic E-state index is 4.57. The average Bonchev–Trinajstić information content (AvgIpc) is 2.57. The molecule has 0 saturated heterocycles. The molecule has 0 aliphatic rings. The fourth-order valence-electron chi connectivity index (χ4n) is 1.88. The summed E-state index contributed by atoms with van der Waals surface area (Å²) in [5.41, 5.74) is 3.79.